The number of rotatable bonds is 6. The highest BCUT2D eigenvalue weighted by Gasteiger charge is 2.29. The van der Waals surface area contributed by atoms with Gasteiger partial charge in [-0.3, -0.25) is 14.9 Å². The summed E-state index contributed by atoms with van der Waals surface area (Å²) in [5, 5.41) is 14.1. The van der Waals surface area contributed by atoms with Crippen LogP contribution >= 0.6 is 0 Å². The molecular weight excluding hydrogens is 390 g/mol. The highest BCUT2D eigenvalue weighted by atomic mass is 16.6. The van der Waals surface area contributed by atoms with Crippen LogP contribution in [0, 0.1) is 22.0 Å². The molecule has 1 amide bonds. The maximum Gasteiger partial charge on any atom is 0.341 e. The molecular formula is C21H29N3O6. The quantitative estimate of drug-likeness (QED) is 0.428. The van der Waals surface area contributed by atoms with Gasteiger partial charge in [0.15, 0.2) is 6.61 Å². The van der Waals surface area contributed by atoms with E-state index in [0.717, 1.165) is 19.3 Å². The predicted octanol–water partition coefficient (Wildman–Crippen LogP) is 2.53. The summed E-state index contributed by atoms with van der Waals surface area (Å²) in [5.41, 5.74) is 0.427. The average molecular weight is 419 g/mol. The summed E-state index contributed by atoms with van der Waals surface area (Å²) in [4.78, 5) is 37.6. The molecule has 9 nitrogen and oxygen atoms in total. The third-order valence-corrected chi connectivity index (χ3v) is 6.15. The summed E-state index contributed by atoms with van der Waals surface area (Å²) in [6.07, 6.45) is 3.13. The Morgan fingerprint density at radius 2 is 2.00 bits per heavy atom. The van der Waals surface area contributed by atoms with Gasteiger partial charge in [0.1, 0.15) is 0 Å². The van der Waals surface area contributed by atoms with Crippen molar-refractivity contribution in [2.24, 2.45) is 11.8 Å². The molecule has 1 aliphatic carbocycles. The zero-order valence-corrected chi connectivity index (χ0v) is 17.5. The third kappa shape index (κ3) is 5.27. The van der Waals surface area contributed by atoms with E-state index in [2.05, 4.69) is 19.2 Å². The molecule has 0 radical (unpaired) electrons. The molecule has 30 heavy (non-hydrogen) atoms. The van der Waals surface area contributed by atoms with E-state index in [0.29, 0.717) is 43.8 Å². The minimum absolute atomic E-state index is 0.0710. The molecule has 1 saturated carbocycles. The van der Waals surface area contributed by atoms with E-state index in [9.17, 15) is 19.7 Å². The molecule has 1 heterocycles. The molecule has 0 bridgehead atoms. The van der Waals surface area contributed by atoms with Crippen LogP contribution in [0.1, 0.15) is 43.5 Å². The van der Waals surface area contributed by atoms with Gasteiger partial charge in [-0.2, -0.15) is 0 Å². The highest BCUT2D eigenvalue weighted by molar-refractivity contribution is 5.97. The predicted molar refractivity (Wildman–Crippen MR) is 111 cm³/mol. The van der Waals surface area contributed by atoms with Crippen LogP contribution < -0.4 is 10.2 Å². The van der Waals surface area contributed by atoms with Crippen LogP contribution in [0.2, 0.25) is 0 Å². The van der Waals surface area contributed by atoms with Gasteiger partial charge in [0, 0.05) is 31.3 Å². The van der Waals surface area contributed by atoms with Gasteiger partial charge in [0.25, 0.3) is 11.6 Å². The molecule has 0 unspecified atom stereocenters. The van der Waals surface area contributed by atoms with Gasteiger partial charge in [-0.05, 0) is 24.3 Å². The summed E-state index contributed by atoms with van der Waals surface area (Å²) >= 11 is 0. The fourth-order valence-electron chi connectivity index (χ4n) is 4.12. The molecule has 164 valence electrons. The van der Waals surface area contributed by atoms with E-state index in [-0.39, 0.29) is 23.2 Å². The van der Waals surface area contributed by atoms with Gasteiger partial charge in [0.2, 0.25) is 0 Å². The minimum atomic E-state index is -0.750. The number of esters is 1. The molecule has 1 N–H and O–H groups in total. The fraction of sp³-hybridized carbons (Fsp3) is 0.619. The largest absolute Gasteiger partial charge is 0.452 e. The number of amides is 1. The molecule has 0 aromatic heterocycles. The normalized spacial score (nSPS) is 24.2. The van der Waals surface area contributed by atoms with E-state index in [1.165, 1.54) is 12.1 Å². The summed E-state index contributed by atoms with van der Waals surface area (Å²) in [6.45, 7) is 6.03. The number of morpholine rings is 1. The molecule has 2 fully saturated rings. The molecule has 1 saturated heterocycles. The number of ether oxygens (including phenoxy) is 2. The Balaban J connectivity index is 1.66. The summed E-state index contributed by atoms with van der Waals surface area (Å²) < 4.78 is 10.6. The first kappa shape index (κ1) is 22.0. The molecule has 3 rings (SSSR count). The van der Waals surface area contributed by atoms with Crippen LogP contribution in [0.5, 0.6) is 0 Å². The number of nitrogens with one attached hydrogen (secondary N) is 1. The lowest BCUT2D eigenvalue weighted by atomic mass is 9.78. The lowest BCUT2D eigenvalue weighted by molar-refractivity contribution is -0.384. The zero-order chi connectivity index (χ0) is 21.7. The van der Waals surface area contributed by atoms with Crippen molar-refractivity contribution in [1.82, 2.24) is 5.32 Å². The number of nitro benzene ring substituents is 1. The van der Waals surface area contributed by atoms with Gasteiger partial charge in [-0.15, -0.1) is 0 Å². The van der Waals surface area contributed by atoms with Crippen molar-refractivity contribution in [1.29, 1.82) is 0 Å². The second kappa shape index (κ2) is 9.88. The molecule has 3 atom stereocenters. The van der Waals surface area contributed by atoms with E-state index < -0.39 is 17.5 Å². The van der Waals surface area contributed by atoms with Gasteiger partial charge in [-0.25, -0.2) is 4.79 Å². The molecule has 0 spiro atoms. The number of nitro groups is 1. The summed E-state index contributed by atoms with van der Waals surface area (Å²) in [6, 6.07) is 4.18. The topological polar surface area (TPSA) is 111 Å². The van der Waals surface area contributed by atoms with Gasteiger partial charge in [-0.1, -0.05) is 26.7 Å². The van der Waals surface area contributed by atoms with Crippen molar-refractivity contribution in [3.05, 3.63) is 33.9 Å². The smallest absolute Gasteiger partial charge is 0.341 e. The zero-order valence-electron chi connectivity index (χ0n) is 17.5. The fourth-order valence-corrected chi connectivity index (χ4v) is 4.12. The van der Waals surface area contributed by atoms with E-state index in [4.69, 9.17) is 9.47 Å². The van der Waals surface area contributed by atoms with Crippen molar-refractivity contribution in [2.45, 2.75) is 39.2 Å². The van der Waals surface area contributed by atoms with Gasteiger partial charge >= 0.3 is 5.97 Å². The lowest BCUT2D eigenvalue weighted by Crippen LogP contribution is -2.45. The van der Waals surface area contributed by atoms with E-state index >= 15 is 0 Å². The molecule has 1 aromatic carbocycles. The first-order valence-electron chi connectivity index (χ1n) is 10.4. The number of carbonyl (C=O) groups is 2. The molecule has 9 heteroatoms. The number of nitrogens with zero attached hydrogens (tertiary/aromatic N) is 2. The number of non-ortho nitro benzene ring substituents is 1. The SMILES string of the molecule is C[C@H]1[C@@H](NC(=O)COC(=O)c2cc([N+](=O)[O-])ccc2N2CCOCC2)CCC[C@@H]1C. The second-order valence-corrected chi connectivity index (χ2v) is 8.08. The maximum atomic E-state index is 12.7. The Hall–Kier alpha value is -2.68. The first-order chi connectivity index (χ1) is 14.4. The Morgan fingerprint density at radius 3 is 2.70 bits per heavy atom. The van der Waals surface area contributed by atoms with Crippen LogP contribution in [0.15, 0.2) is 18.2 Å². The van der Waals surface area contributed by atoms with Crippen molar-refractivity contribution in [2.75, 3.05) is 37.8 Å². The summed E-state index contributed by atoms with van der Waals surface area (Å²) in [7, 11) is 0. The number of benzene rings is 1. The van der Waals surface area contributed by atoms with Crippen LogP contribution in [0.3, 0.4) is 0 Å². The number of hydrogen-bond donors (Lipinski definition) is 1. The summed E-state index contributed by atoms with van der Waals surface area (Å²) in [5.74, 6) is -0.205. The maximum absolute atomic E-state index is 12.7. The Labute approximate surface area is 175 Å². The van der Waals surface area contributed by atoms with Crippen LogP contribution in [0.25, 0.3) is 0 Å². The monoisotopic (exact) mass is 419 g/mol. The Bertz CT molecular complexity index is 793. The average Bonchev–Trinajstić information content (AvgIpc) is 2.75. The van der Waals surface area contributed by atoms with Crippen LogP contribution in [-0.2, 0) is 14.3 Å². The lowest BCUT2D eigenvalue weighted by Gasteiger charge is -2.34. The van der Waals surface area contributed by atoms with E-state index in [1.807, 2.05) is 4.90 Å². The van der Waals surface area contributed by atoms with Gasteiger partial charge < -0.3 is 19.7 Å². The third-order valence-electron chi connectivity index (χ3n) is 6.15. The van der Waals surface area contributed by atoms with Crippen molar-refractivity contribution < 1.29 is 24.0 Å². The van der Waals surface area contributed by atoms with E-state index in [1.54, 1.807) is 6.07 Å². The van der Waals surface area contributed by atoms with Crippen molar-refractivity contribution in [3.63, 3.8) is 0 Å². The van der Waals surface area contributed by atoms with Crippen LogP contribution in [0.4, 0.5) is 11.4 Å². The number of carbonyl (C=O) groups excluding carboxylic acids is 2. The van der Waals surface area contributed by atoms with Crippen molar-refractivity contribution in [3.8, 4) is 0 Å². The molecule has 1 aliphatic heterocycles. The minimum Gasteiger partial charge on any atom is -0.452 e. The molecule has 1 aromatic rings. The Morgan fingerprint density at radius 1 is 1.27 bits per heavy atom. The standard InChI is InChI=1S/C21H29N3O6/c1-14-4-3-5-18(15(14)2)22-20(25)13-30-21(26)17-12-16(24(27)28)6-7-19(17)23-8-10-29-11-9-23/h6-7,12,14-15,18H,3-5,8-11,13H2,1-2H3,(H,22,25)/t14-,15+,18-/m0/s1. The highest BCUT2D eigenvalue weighted by Crippen LogP contribution is 2.30. The number of anilines is 1. The van der Waals surface area contributed by atoms with Crippen molar-refractivity contribution >= 4 is 23.3 Å². The number of hydrogen-bond acceptors (Lipinski definition) is 7. The molecule has 2 aliphatic rings. The second-order valence-electron chi connectivity index (χ2n) is 8.08. The van der Waals surface area contributed by atoms with Gasteiger partial charge in [0.05, 0.1) is 29.4 Å². The van der Waals surface area contributed by atoms with Crippen LogP contribution in [-0.4, -0.2) is 55.8 Å². The first-order valence-corrected chi connectivity index (χ1v) is 10.4. The Kier molecular flexibility index (Phi) is 7.25.